The molecule has 1 aromatic rings. The molecule has 2 rings (SSSR count). The lowest BCUT2D eigenvalue weighted by Crippen LogP contribution is -2.57. The second kappa shape index (κ2) is 9.78. The van der Waals surface area contributed by atoms with Crippen LogP contribution >= 0.6 is 15.9 Å². The van der Waals surface area contributed by atoms with Crippen LogP contribution in [0.5, 0.6) is 0 Å². The van der Waals surface area contributed by atoms with Gasteiger partial charge in [-0.3, -0.25) is 14.4 Å². The average Bonchev–Trinajstić information content (AvgIpc) is 3.11. The van der Waals surface area contributed by atoms with Crippen molar-refractivity contribution in [1.29, 1.82) is 0 Å². The Balaban J connectivity index is 2.47. The van der Waals surface area contributed by atoms with Gasteiger partial charge in [-0.05, 0) is 0 Å². The smallest absolute Gasteiger partial charge is 0.360 e. The van der Waals surface area contributed by atoms with E-state index >= 15 is 0 Å². The number of carbonyl (C=O) groups is 4. The number of hydrogen-bond acceptors (Lipinski definition) is 11. The highest BCUT2D eigenvalue weighted by Gasteiger charge is 2.51. The Morgan fingerprint density at radius 1 is 1.10 bits per heavy atom. The zero-order valence-electron chi connectivity index (χ0n) is 16.1. The molecule has 0 aliphatic carbocycles. The van der Waals surface area contributed by atoms with Crippen LogP contribution in [0.15, 0.2) is 6.20 Å². The lowest BCUT2D eigenvalue weighted by atomic mass is 9.97. The number of hydrogen-bond donors (Lipinski definition) is 0. The van der Waals surface area contributed by atoms with Crippen LogP contribution in [-0.2, 0) is 38.1 Å². The van der Waals surface area contributed by atoms with Gasteiger partial charge in [0.25, 0.3) is 0 Å². The Hall–Kier alpha value is -2.54. The van der Waals surface area contributed by atoms with Crippen LogP contribution in [-0.4, -0.2) is 75.9 Å². The normalized spacial score (nSPS) is 26.3. The fourth-order valence-electron chi connectivity index (χ4n) is 2.79. The zero-order valence-corrected chi connectivity index (χ0v) is 17.7. The number of aromatic nitrogens is 3. The fraction of sp³-hybridized carbons (Fsp3) is 0.625. The van der Waals surface area contributed by atoms with Crippen molar-refractivity contribution in [1.82, 2.24) is 15.0 Å². The molecule has 0 saturated carbocycles. The molecule has 1 fully saturated rings. The molecule has 2 heterocycles. The van der Waals surface area contributed by atoms with E-state index in [1.54, 1.807) is 0 Å². The van der Waals surface area contributed by atoms with Gasteiger partial charge in [-0.25, -0.2) is 9.48 Å². The van der Waals surface area contributed by atoms with Crippen LogP contribution < -0.4 is 0 Å². The second-order valence-electron chi connectivity index (χ2n) is 6.04. The van der Waals surface area contributed by atoms with Crippen molar-refractivity contribution >= 4 is 39.8 Å². The minimum Gasteiger partial charge on any atom is -0.464 e. The predicted octanol–water partition coefficient (Wildman–Crippen LogP) is 0.152. The van der Waals surface area contributed by atoms with Gasteiger partial charge in [-0.15, -0.1) is 5.10 Å². The Kier molecular flexibility index (Phi) is 7.67. The number of esters is 4. The maximum atomic E-state index is 11.7. The highest BCUT2D eigenvalue weighted by molar-refractivity contribution is 9.09. The number of halogens is 1. The first-order valence-corrected chi connectivity index (χ1v) is 9.33. The summed E-state index contributed by atoms with van der Waals surface area (Å²) in [5.41, 5.74) is -0.107. The van der Waals surface area contributed by atoms with Crippen molar-refractivity contribution in [3.63, 3.8) is 0 Å². The first kappa shape index (κ1) is 22.7. The molecule has 0 radical (unpaired) electrons. The number of methoxy groups -OCH3 is 1. The van der Waals surface area contributed by atoms with Gasteiger partial charge >= 0.3 is 23.9 Å². The topological polar surface area (TPSA) is 145 Å². The van der Waals surface area contributed by atoms with Crippen LogP contribution in [0.3, 0.4) is 0 Å². The fourth-order valence-corrected chi connectivity index (χ4v) is 3.49. The summed E-state index contributed by atoms with van der Waals surface area (Å²) in [5.74, 6) is -2.57. The number of ether oxygens (including phenoxy) is 5. The summed E-state index contributed by atoms with van der Waals surface area (Å²) in [7, 11) is 1.18. The molecule has 1 aromatic heterocycles. The molecule has 0 spiro atoms. The minimum absolute atomic E-state index is 0.107. The van der Waals surface area contributed by atoms with E-state index in [1.165, 1.54) is 38.8 Å². The molecule has 29 heavy (non-hydrogen) atoms. The standard InChI is InChI=1S/C16H20BrN3O9/c1-7(21)26-6-11-13(27-8(2)22)12(14(15(17)29-11)28-9(3)23)20-5-10(18-19-20)16(24)25-4/h5,11-15H,6H2,1-4H3/t11-,12-,13+,14-,15+/m1/s1. The molecule has 0 bridgehead atoms. The largest absolute Gasteiger partial charge is 0.464 e. The summed E-state index contributed by atoms with van der Waals surface area (Å²) >= 11 is 3.28. The number of carbonyl (C=O) groups excluding carboxylic acids is 4. The van der Waals surface area contributed by atoms with E-state index in [-0.39, 0.29) is 12.3 Å². The highest BCUT2D eigenvalue weighted by Crippen LogP contribution is 2.36. The van der Waals surface area contributed by atoms with Crippen LogP contribution in [0, 0.1) is 0 Å². The maximum absolute atomic E-state index is 11.7. The van der Waals surface area contributed by atoms with Gasteiger partial charge in [0.05, 0.1) is 13.3 Å². The first-order chi connectivity index (χ1) is 13.6. The molecule has 0 aromatic carbocycles. The second-order valence-corrected chi connectivity index (χ2v) is 6.94. The lowest BCUT2D eigenvalue weighted by molar-refractivity contribution is -0.211. The van der Waals surface area contributed by atoms with E-state index in [1.807, 2.05) is 0 Å². The molecule has 5 atom stereocenters. The zero-order chi connectivity index (χ0) is 21.7. The number of nitrogens with zero attached hydrogens (tertiary/aromatic N) is 3. The van der Waals surface area contributed by atoms with Crippen molar-refractivity contribution in [2.24, 2.45) is 0 Å². The van der Waals surface area contributed by atoms with E-state index in [0.717, 1.165) is 0 Å². The van der Waals surface area contributed by atoms with Crippen molar-refractivity contribution in [2.45, 2.75) is 50.1 Å². The van der Waals surface area contributed by atoms with E-state index in [9.17, 15) is 19.2 Å². The molecular weight excluding hydrogens is 458 g/mol. The summed E-state index contributed by atoms with van der Waals surface area (Å²) in [6.07, 6.45) is -1.76. The van der Waals surface area contributed by atoms with Gasteiger partial charge in [0.1, 0.15) is 18.8 Å². The Labute approximate surface area is 173 Å². The van der Waals surface area contributed by atoms with E-state index in [2.05, 4.69) is 31.0 Å². The van der Waals surface area contributed by atoms with Gasteiger partial charge in [0.15, 0.2) is 22.9 Å². The summed E-state index contributed by atoms with van der Waals surface area (Å²) in [6.45, 7) is 3.36. The number of alkyl halides is 1. The Morgan fingerprint density at radius 2 is 1.72 bits per heavy atom. The van der Waals surface area contributed by atoms with Crippen LogP contribution in [0.2, 0.25) is 0 Å². The molecule has 0 unspecified atom stereocenters. The maximum Gasteiger partial charge on any atom is 0.360 e. The number of rotatable bonds is 6. The van der Waals surface area contributed by atoms with Crippen LogP contribution in [0.4, 0.5) is 0 Å². The van der Waals surface area contributed by atoms with Crippen molar-refractivity contribution in [3.8, 4) is 0 Å². The third-order valence-electron chi connectivity index (χ3n) is 3.87. The Bertz CT molecular complexity index is 783. The molecule has 1 aliphatic heterocycles. The quantitative estimate of drug-likeness (QED) is 0.313. The van der Waals surface area contributed by atoms with Crippen molar-refractivity contribution in [3.05, 3.63) is 11.9 Å². The van der Waals surface area contributed by atoms with E-state index in [4.69, 9.17) is 18.9 Å². The molecular formula is C16H20BrN3O9. The van der Waals surface area contributed by atoms with Gasteiger partial charge in [0, 0.05) is 20.8 Å². The van der Waals surface area contributed by atoms with E-state index in [0.29, 0.717) is 0 Å². The Morgan fingerprint density at radius 3 is 2.28 bits per heavy atom. The predicted molar refractivity (Wildman–Crippen MR) is 95.7 cm³/mol. The highest BCUT2D eigenvalue weighted by atomic mass is 79.9. The van der Waals surface area contributed by atoms with Gasteiger partial charge in [-0.2, -0.15) is 0 Å². The molecule has 1 aliphatic rings. The van der Waals surface area contributed by atoms with Crippen LogP contribution in [0.1, 0.15) is 37.3 Å². The minimum atomic E-state index is -1.09. The van der Waals surface area contributed by atoms with Crippen molar-refractivity contribution in [2.75, 3.05) is 13.7 Å². The van der Waals surface area contributed by atoms with Crippen molar-refractivity contribution < 1.29 is 42.9 Å². The molecule has 160 valence electrons. The molecule has 0 amide bonds. The first-order valence-electron chi connectivity index (χ1n) is 8.41. The van der Waals surface area contributed by atoms with Gasteiger partial charge in [0.2, 0.25) is 0 Å². The van der Waals surface area contributed by atoms with Gasteiger partial charge in [-0.1, -0.05) is 21.1 Å². The monoisotopic (exact) mass is 477 g/mol. The molecule has 12 nitrogen and oxygen atoms in total. The molecule has 1 saturated heterocycles. The summed E-state index contributed by atoms with van der Waals surface area (Å²) in [6, 6.07) is -0.951. The average molecular weight is 478 g/mol. The molecule has 0 N–H and O–H groups in total. The lowest BCUT2D eigenvalue weighted by Gasteiger charge is -2.43. The van der Waals surface area contributed by atoms with Gasteiger partial charge < -0.3 is 23.7 Å². The van der Waals surface area contributed by atoms with E-state index < -0.39 is 53.2 Å². The molecule has 13 heteroatoms. The third-order valence-corrected chi connectivity index (χ3v) is 4.60. The van der Waals surface area contributed by atoms with Crippen LogP contribution in [0.25, 0.3) is 0 Å². The summed E-state index contributed by atoms with van der Waals surface area (Å²) in [5, 5.41) is 6.75. The SMILES string of the molecule is COC(=O)c1cn([C@H]2[C@@H](OC(C)=O)[C@@H](Br)O[C@H](COC(C)=O)[C@@H]2OC(C)=O)nn1. The third kappa shape index (κ3) is 5.73. The summed E-state index contributed by atoms with van der Waals surface area (Å²) in [4.78, 5) is 46.3. The summed E-state index contributed by atoms with van der Waals surface area (Å²) < 4.78 is 27.3.